The van der Waals surface area contributed by atoms with Crippen molar-refractivity contribution >= 4 is 11.8 Å². The molecule has 0 spiro atoms. The van der Waals surface area contributed by atoms with Crippen molar-refractivity contribution in [1.82, 2.24) is 0 Å². The van der Waals surface area contributed by atoms with Crippen LogP contribution in [0.25, 0.3) is 11.8 Å². The van der Waals surface area contributed by atoms with E-state index in [2.05, 4.69) is 0 Å². The maximum atomic E-state index is 13.8. The molecule has 0 aliphatic heterocycles. The van der Waals surface area contributed by atoms with Crippen LogP contribution in [0.3, 0.4) is 0 Å². The van der Waals surface area contributed by atoms with Crippen LogP contribution in [0.5, 0.6) is 0 Å². The Morgan fingerprint density at radius 3 is 2.45 bits per heavy atom. The number of halogens is 2. The van der Waals surface area contributed by atoms with E-state index in [4.69, 9.17) is 11.0 Å². The first-order valence-corrected chi connectivity index (χ1v) is 5.96. The van der Waals surface area contributed by atoms with Crippen molar-refractivity contribution in [3.05, 3.63) is 70.3 Å². The minimum Gasteiger partial charge on any atom is -0.398 e. The Bertz CT molecular complexity index is 707. The second kappa shape index (κ2) is 5.54. The number of nitriles is 1. The van der Waals surface area contributed by atoms with E-state index in [9.17, 15) is 8.78 Å². The molecule has 2 N–H and O–H groups in total. The van der Waals surface area contributed by atoms with E-state index < -0.39 is 11.6 Å². The molecular formula is C16H12F2N2. The summed E-state index contributed by atoms with van der Waals surface area (Å²) in [4.78, 5) is 0. The predicted molar refractivity (Wildman–Crippen MR) is 74.3 cm³/mol. The molecule has 0 amide bonds. The molecule has 0 atom stereocenters. The molecule has 100 valence electrons. The lowest BCUT2D eigenvalue weighted by atomic mass is 10.0. The van der Waals surface area contributed by atoms with Gasteiger partial charge in [0.25, 0.3) is 0 Å². The number of rotatable bonds is 2. The van der Waals surface area contributed by atoms with E-state index in [-0.39, 0.29) is 22.4 Å². The highest BCUT2D eigenvalue weighted by atomic mass is 19.1. The normalized spacial score (nSPS) is 11.2. The Labute approximate surface area is 115 Å². The highest BCUT2D eigenvalue weighted by Crippen LogP contribution is 2.23. The standard InChI is InChI=1S/C16H12F2N2/c1-10-4-2-7-14(18)16(10)15(20)8-12-11(9-19)5-3-6-13(12)17/h2-8H,20H2,1H3/b15-8-. The third kappa shape index (κ3) is 2.52. The molecule has 0 aromatic heterocycles. The van der Waals surface area contributed by atoms with Crippen molar-refractivity contribution in [3.8, 4) is 6.07 Å². The summed E-state index contributed by atoms with van der Waals surface area (Å²) in [6.45, 7) is 1.71. The third-order valence-corrected chi connectivity index (χ3v) is 2.98. The Hall–Kier alpha value is -2.67. The van der Waals surface area contributed by atoms with Gasteiger partial charge in [0, 0.05) is 16.8 Å². The molecule has 2 nitrogen and oxygen atoms in total. The lowest BCUT2D eigenvalue weighted by Crippen LogP contribution is -2.03. The topological polar surface area (TPSA) is 49.8 Å². The zero-order valence-corrected chi connectivity index (χ0v) is 10.8. The molecule has 0 radical (unpaired) electrons. The number of hydrogen-bond donors (Lipinski definition) is 1. The fourth-order valence-corrected chi connectivity index (χ4v) is 2.01. The number of hydrogen-bond acceptors (Lipinski definition) is 2. The molecule has 0 bridgehead atoms. The molecule has 2 aromatic carbocycles. The van der Waals surface area contributed by atoms with Gasteiger partial charge in [-0.1, -0.05) is 18.2 Å². The average molecular weight is 270 g/mol. The number of aryl methyl sites for hydroxylation is 1. The molecule has 20 heavy (non-hydrogen) atoms. The molecule has 0 heterocycles. The van der Waals surface area contributed by atoms with Crippen LogP contribution in [0.15, 0.2) is 36.4 Å². The van der Waals surface area contributed by atoms with Crippen molar-refractivity contribution < 1.29 is 8.78 Å². The van der Waals surface area contributed by atoms with Crippen molar-refractivity contribution in [2.75, 3.05) is 0 Å². The summed E-state index contributed by atoms with van der Waals surface area (Å²) in [6, 6.07) is 10.6. The third-order valence-electron chi connectivity index (χ3n) is 2.98. The fraction of sp³-hybridized carbons (Fsp3) is 0.0625. The molecule has 0 unspecified atom stereocenters. The van der Waals surface area contributed by atoms with Gasteiger partial charge in [0.1, 0.15) is 11.6 Å². The quantitative estimate of drug-likeness (QED) is 0.847. The molecule has 0 saturated carbocycles. The van der Waals surface area contributed by atoms with E-state index in [1.807, 2.05) is 6.07 Å². The highest BCUT2D eigenvalue weighted by Gasteiger charge is 2.11. The van der Waals surface area contributed by atoms with Crippen molar-refractivity contribution in [3.63, 3.8) is 0 Å². The van der Waals surface area contributed by atoms with E-state index in [0.717, 1.165) is 0 Å². The minimum absolute atomic E-state index is 0.0650. The Morgan fingerprint density at radius 1 is 1.15 bits per heavy atom. The molecule has 2 aromatic rings. The summed E-state index contributed by atoms with van der Waals surface area (Å²) in [5.74, 6) is -1.05. The van der Waals surface area contributed by atoms with Crippen molar-refractivity contribution in [2.24, 2.45) is 5.73 Å². The lowest BCUT2D eigenvalue weighted by Gasteiger charge is -2.08. The van der Waals surface area contributed by atoms with Crippen LogP contribution in [-0.2, 0) is 0 Å². The number of nitrogens with two attached hydrogens (primary N) is 1. The number of nitrogens with zero attached hydrogens (tertiary/aromatic N) is 1. The SMILES string of the molecule is Cc1cccc(F)c1/C(N)=C/c1c(F)cccc1C#N. The van der Waals surface area contributed by atoms with Crippen LogP contribution in [0.2, 0.25) is 0 Å². The van der Waals surface area contributed by atoms with Crippen molar-refractivity contribution in [2.45, 2.75) is 6.92 Å². The second-order valence-corrected chi connectivity index (χ2v) is 4.34. The molecule has 0 fully saturated rings. The zero-order valence-electron chi connectivity index (χ0n) is 10.8. The Balaban J connectivity index is 2.60. The van der Waals surface area contributed by atoms with Crippen LogP contribution in [0.1, 0.15) is 22.3 Å². The largest absolute Gasteiger partial charge is 0.398 e. The van der Waals surface area contributed by atoms with E-state index >= 15 is 0 Å². The van der Waals surface area contributed by atoms with Crippen LogP contribution < -0.4 is 5.73 Å². The fourth-order valence-electron chi connectivity index (χ4n) is 2.01. The summed E-state index contributed by atoms with van der Waals surface area (Å²) in [6.07, 6.45) is 1.29. The first-order valence-electron chi connectivity index (χ1n) is 5.96. The van der Waals surface area contributed by atoms with Gasteiger partial charge >= 0.3 is 0 Å². The van der Waals surface area contributed by atoms with E-state index in [0.29, 0.717) is 5.56 Å². The Morgan fingerprint density at radius 2 is 1.80 bits per heavy atom. The first kappa shape index (κ1) is 13.8. The summed E-state index contributed by atoms with van der Waals surface area (Å²) in [5.41, 5.74) is 7.04. The molecule has 0 aliphatic rings. The van der Waals surface area contributed by atoms with Crippen LogP contribution in [-0.4, -0.2) is 0 Å². The highest BCUT2D eigenvalue weighted by molar-refractivity contribution is 5.82. The molecule has 0 saturated heterocycles. The first-order chi connectivity index (χ1) is 9.54. The molecule has 4 heteroatoms. The second-order valence-electron chi connectivity index (χ2n) is 4.34. The predicted octanol–water partition coefficient (Wildman–Crippen LogP) is 3.60. The summed E-state index contributed by atoms with van der Waals surface area (Å²) in [5, 5.41) is 8.97. The summed E-state index contributed by atoms with van der Waals surface area (Å²) in [7, 11) is 0. The maximum absolute atomic E-state index is 13.8. The van der Waals surface area contributed by atoms with E-state index in [1.165, 1.54) is 30.3 Å². The minimum atomic E-state index is -0.569. The van der Waals surface area contributed by atoms with Gasteiger partial charge < -0.3 is 5.73 Å². The van der Waals surface area contributed by atoms with Crippen LogP contribution >= 0.6 is 0 Å². The monoisotopic (exact) mass is 270 g/mol. The van der Waals surface area contributed by atoms with Gasteiger partial charge in [-0.15, -0.1) is 0 Å². The van der Waals surface area contributed by atoms with E-state index in [1.54, 1.807) is 19.1 Å². The van der Waals surface area contributed by atoms with Gasteiger partial charge in [0.05, 0.1) is 11.6 Å². The van der Waals surface area contributed by atoms with Gasteiger partial charge in [-0.2, -0.15) is 5.26 Å². The Kier molecular flexibility index (Phi) is 3.81. The van der Waals surface area contributed by atoms with Gasteiger partial charge in [-0.05, 0) is 36.8 Å². The van der Waals surface area contributed by atoms with Crippen LogP contribution in [0.4, 0.5) is 8.78 Å². The lowest BCUT2D eigenvalue weighted by molar-refractivity contribution is 0.621. The van der Waals surface area contributed by atoms with Gasteiger partial charge in [-0.3, -0.25) is 0 Å². The van der Waals surface area contributed by atoms with Crippen LogP contribution in [0, 0.1) is 29.9 Å². The van der Waals surface area contributed by atoms with Gasteiger partial charge in [-0.25, -0.2) is 8.78 Å². The smallest absolute Gasteiger partial charge is 0.132 e. The molecule has 0 aliphatic carbocycles. The zero-order chi connectivity index (χ0) is 14.7. The molecular weight excluding hydrogens is 258 g/mol. The average Bonchev–Trinajstić information content (AvgIpc) is 2.41. The van der Waals surface area contributed by atoms with Crippen molar-refractivity contribution in [1.29, 1.82) is 5.26 Å². The summed E-state index contributed by atoms with van der Waals surface area (Å²) < 4.78 is 27.6. The maximum Gasteiger partial charge on any atom is 0.132 e. The summed E-state index contributed by atoms with van der Waals surface area (Å²) >= 11 is 0. The van der Waals surface area contributed by atoms with Gasteiger partial charge in [0.2, 0.25) is 0 Å². The number of benzene rings is 2. The van der Waals surface area contributed by atoms with Gasteiger partial charge in [0.15, 0.2) is 0 Å². The molecule has 2 rings (SSSR count).